The average Bonchev–Trinajstić information content (AvgIpc) is 2.63. The van der Waals surface area contributed by atoms with Gasteiger partial charge in [-0.3, -0.25) is 0 Å². The number of hydrogen-bond acceptors (Lipinski definition) is 3. The molecule has 0 bridgehead atoms. The van der Waals surface area contributed by atoms with Crippen molar-refractivity contribution >= 4 is 10.0 Å². The van der Waals surface area contributed by atoms with Crippen LogP contribution in [0.1, 0.15) is 20.3 Å². The first kappa shape index (κ1) is 14.2. The Morgan fingerprint density at radius 1 is 1.47 bits per heavy atom. The number of nitrogens with two attached hydrogens (primary N) is 1. The van der Waals surface area contributed by atoms with E-state index in [0.717, 1.165) is 6.42 Å². The molecule has 0 fully saturated rings. The van der Waals surface area contributed by atoms with Gasteiger partial charge in [-0.15, -0.1) is 0 Å². The fourth-order valence-electron chi connectivity index (χ4n) is 1.69. The van der Waals surface area contributed by atoms with E-state index in [2.05, 4.69) is 4.72 Å². The molecule has 6 heteroatoms. The topological polar surface area (TPSA) is 77.1 Å². The Morgan fingerprint density at radius 3 is 2.53 bits per heavy atom. The molecule has 5 nitrogen and oxygen atoms in total. The Balaban J connectivity index is 2.78. The van der Waals surface area contributed by atoms with Gasteiger partial charge in [-0.1, -0.05) is 13.8 Å². The van der Waals surface area contributed by atoms with Crippen LogP contribution < -0.4 is 10.5 Å². The minimum Gasteiger partial charge on any atom is -0.356 e. The van der Waals surface area contributed by atoms with Gasteiger partial charge in [0.25, 0.3) is 0 Å². The molecule has 0 aromatic carbocycles. The lowest BCUT2D eigenvalue weighted by Gasteiger charge is -2.18. The Labute approximate surface area is 103 Å². The molecular formula is C11H21N3O2S. The molecule has 0 saturated carbocycles. The van der Waals surface area contributed by atoms with Crippen LogP contribution >= 0.6 is 0 Å². The van der Waals surface area contributed by atoms with Crippen LogP contribution in [0.4, 0.5) is 0 Å². The van der Waals surface area contributed by atoms with E-state index in [1.54, 1.807) is 30.1 Å². The van der Waals surface area contributed by atoms with Crippen molar-refractivity contribution in [3.63, 3.8) is 0 Å². The zero-order valence-corrected chi connectivity index (χ0v) is 11.4. The summed E-state index contributed by atoms with van der Waals surface area (Å²) in [5, 5.41) is 0. The summed E-state index contributed by atoms with van der Waals surface area (Å²) in [6.45, 7) is 4.39. The van der Waals surface area contributed by atoms with E-state index in [0.29, 0.717) is 12.5 Å². The van der Waals surface area contributed by atoms with Gasteiger partial charge in [0.2, 0.25) is 10.0 Å². The predicted molar refractivity (Wildman–Crippen MR) is 68.0 cm³/mol. The molecule has 3 N–H and O–H groups in total. The van der Waals surface area contributed by atoms with Crippen LogP contribution in [0.15, 0.2) is 23.4 Å². The molecule has 0 aliphatic heterocycles. The Kier molecular flexibility index (Phi) is 4.73. The maximum Gasteiger partial charge on any atom is 0.242 e. The number of nitrogens with one attached hydrogen (secondary N) is 1. The zero-order valence-electron chi connectivity index (χ0n) is 10.6. The second kappa shape index (κ2) is 5.66. The number of aromatic nitrogens is 1. The summed E-state index contributed by atoms with van der Waals surface area (Å²) < 4.78 is 28.4. The molecule has 1 unspecified atom stereocenters. The molecule has 0 aliphatic rings. The summed E-state index contributed by atoms with van der Waals surface area (Å²) in [7, 11) is -1.66. The smallest absolute Gasteiger partial charge is 0.242 e. The fourth-order valence-corrected chi connectivity index (χ4v) is 3.00. The first-order valence-corrected chi connectivity index (χ1v) is 7.18. The van der Waals surface area contributed by atoms with E-state index in [1.165, 1.54) is 0 Å². The molecule has 1 rings (SSSR count). The fraction of sp³-hybridized carbons (Fsp3) is 0.636. The lowest BCUT2D eigenvalue weighted by Crippen LogP contribution is -2.40. The zero-order chi connectivity index (χ0) is 13.1. The minimum absolute atomic E-state index is 0.208. The molecule has 1 heterocycles. The molecule has 1 aromatic rings. The highest BCUT2D eigenvalue weighted by molar-refractivity contribution is 7.89. The molecule has 0 spiro atoms. The van der Waals surface area contributed by atoms with Gasteiger partial charge in [0, 0.05) is 32.0 Å². The molecule has 0 saturated heterocycles. The van der Waals surface area contributed by atoms with Crippen LogP contribution in [0.3, 0.4) is 0 Å². The second-order valence-electron chi connectivity index (χ2n) is 4.70. The van der Waals surface area contributed by atoms with Gasteiger partial charge in [0.1, 0.15) is 0 Å². The predicted octanol–water partition coefficient (Wildman–Crippen LogP) is 0.677. The highest BCUT2D eigenvalue weighted by Crippen LogP contribution is 2.11. The molecule has 1 aromatic heterocycles. The monoisotopic (exact) mass is 259 g/mol. The first-order valence-electron chi connectivity index (χ1n) is 5.69. The summed E-state index contributed by atoms with van der Waals surface area (Å²) in [5.74, 6) is 0.405. The van der Waals surface area contributed by atoms with E-state index in [-0.39, 0.29) is 10.9 Å². The summed E-state index contributed by atoms with van der Waals surface area (Å²) in [4.78, 5) is 0.280. The summed E-state index contributed by atoms with van der Waals surface area (Å²) >= 11 is 0. The maximum absolute atomic E-state index is 12.0. The van der Waals surface area contributed by atoms with Gasteiger partial charge in [-0.05, 0) is 18.4 Å². The van der Waals surface area contributed by atoms with E-state index < -0.39 is 10.0 Å². The van der Waals surface area contributed by atoms with Crippen molar-refractivity contribution in [3.8, 4) is 0 Å². The van der Waals surface area contributed by atoms with Crippen LogP contribution in [0.25, 0.3) is 0 Å². The van der Waals surface area contributed by atoms with E-state index in [4.69, 9.17) is 5.73 Å². The van der Waals surface area contributed by atoms with Crippen molar-refractivity contribution in [1.82, 2.24) is 9.29 Å². The molecule has 98 valence electrons. The van der Waals surface area contributed by atoms with E-state index in [9.17, 15) is 8.42 Å². The summed E-state index contributed by atoms with van der Waals surface area (Å²) in [6.07, 6.45) is 4.02. The average molecular weight is 259 g/mol. The normalized spacial score (nSPS) is 14.2. The van der Waals surface area contributed by atoms with Crippen molar-refractivity contribution in [2.75, 3.05) is 6.54 Å². The van der Waals surface area contributed by atoms with Crippen molar-refractivity contribution in [2.45, 2.75) is 31.2 Å². The van der Waals surface area contributed by atoms with Crippen LogP contribution in [0.2, 0.25) is 0 Å². The molecule has 17 heavy (non-hydrogen) atoms. The van der Waals surface area contributed by atoms with Crippen molar-refractivity contribution in [1.29, 1.82) is 0 Å². The van der Waals surface area contributed by atoms with Crippen molar-refractivity contribution in [3.05, 3.63) is 18.5 Å². The molecule has 0 aliphatic carbocycles. The van der Waals surface area contributed by atoms with E-state index in [1.807, 2.05) is 13.8 Å². The molecule has 1 atom stereocenters. The second-order valence-corrected chi connectivity index (χ2v) is 6.41. The number of aryl methyl sites for hydroxylation is 1. The van der Waals surface area contributed by atoms with Gasteiger partial charge < -0.3 is 10.3 Å². The highest BCUT2D eigenvalue weighted by Gasteiger charge is 2.20. The summed E-state index contributed by atoms with van der Waals surface area (Å²) in [5.41, 5.74) is 5.58. The van der Waals surface area contributed by atoms with Gasteiger partial charge in [0.15, 0.2) is 0 Å². The highest BCUT2D eigenvalue weighted by atomic mass is 32.2. The van der Waals surface area contributed by atoms with Gasteiger partial charge >= 0.3 is 0 Å². The van der Waals surface area contributed by atoms with Crippen LogP contribution in [-0.4, -0.2) is 25.6 Å². The number of rotatable bonds is 6. The Morgan fingerprint density at radius 2 is 2.12 bits per heavy atom. The Hall–Kier alpha value is -0.850. The van der Waals surface area contributed by atoms with Crippen LogP contribution in [0.5, 0.6) is 0 Å². The lowest BCUT2D eigenvalue weighted by atomic mass is 10.1. The van der Waals surface area contributed by atoms with Gasteiger partial charge in [0.05, 0.1) is 4.90 Å². The van der Waals surface area contributed by atoms with E-state index >= 15 is 0 Å². The van der Waals surface area contributed by atoms with Crippen molar-refractivity contribution in [2.24, 2.45) is 18.7 Å². The third kappa shape index (κ3) is 4.14. The number of nitrogens with zero attached hydrogens (tertiary/aromatic N) is 1. The summed E-state index contributed by atoms with van der Waals surface area (Å²) in [6, 6.07) is 1.37. The molecular weight excluding hydrogens is 238 g/mol. The SMILES string of the molecule is CC(C)CC(CN)NS(=O)(=O)c1ccn(C)c1. The third-order valence-corrected chi connectivity index (χ3v) is 3.98. The van der Waals surface area contributed by atoms with Crippen LogP contribution in [0, 0.1) is 5.92 Å². The Bertz CT molecular complexity index is 451. The third-order valence-electron chi connectivity index (χ3n) is 2.48. The van der Waals surface area contributed by atoms with Gasteiger partial charge in [-0.2, -0.15) is 0 Å². The first-order chi connectivity index (χ1) is 7.85. The molecule has 0 radical (unpaired) electrons. The quantitative estimate of drug-likeness (QED) is 0.788. The number of sulfonamides is 1. The number of hydrogen-bond donors (Lipinski definition) is 2. The lowest BCUT2D eigenvalue weighted by molar-refractivity contribution is 0.465. The van der Waals surface area contributed by atoms with Crippen LogP contribution in [-0.2, 0) is 17.1 Å². The standard InChI is InChI=1S/C11H21N3O2S/c1-9(2)6-10(7-12)13-17(15,16)11-4-5-14(3)8-11/h4-5,8-10,13H,6-7,12H2,1-3H3. The molecule has 0 amide bonds. The maximum atomic E-state index is 12.0. The minimum atomic E-state index is -3.45. The largest absolute Gasteiger partial charge is 0.356 e. The van der Waals surface area contributed by atoms with Gasteiger partial charge in [-0.25, -0.2) is 13.1 Å². The van der Waals surface area contributed by atoms with Crippen molar-refractivity contribution < 1.29 is 8.42 Å².